The summed E-state index contributed by atoms with van der Waals surface area (Å²) < 4.78 is 16.7. The molecule has 30 heavy (non-hydrogen) atoms. The zero-order valence-corrected chi connectivity index (χ0v) is 20.0. The second-order valence-electron chi connectivity index (χ2n) is 6.90. The van der Waals surface area contributed by atoms with Crippen LogP contribution in [0.4, 0.5) is 0 Å². The van der Waals surface area contributed by atoms with E-state index in [1.54, 1.807) is 14.2 Å². The molecular weight excluding hydrogens is 399 g/mol. The van der Waals surface area contributed by atoms with Crippen LogP contribution < -0.4 is 24.8 Å². The molecule has 0 aliphatic carbocycles. The van der Waals surface area contributed by atoms with Gasteiger partial charge in [-0.05, 0) is 32.4 Å². The van der Waals surface area contributed by atoms with E-state index in [-0.39, 0.29) is 15.8 Å². The van der Waals surface area contributed by atoms with Gasteiger partial charge in [0.2, 0.25) is 5.91 Å². The molecule has 0 bridgehead atoms. The monoisotopic (exact) mass is 434 g/mol. The topological polar surface area (TPSA) is 68.8 Å². The second kappa shape index (κ2) is 13.8. The van der Waals surface area contributed by atoms with Crippen molar-refractivity contribution in [3.05, 3.63) is 53.1 Å². The minimum absolute atomic E-state index is 0. The lowest BCUT2D eigenvalue weighted by molar-refractivity contribution is -0.121. The highest BCUT2D eigenvalue weighted by Crippen LogP contribution is 2.34. The van der Waals surface area contributed by atoms with Gasteiger partial charge in [-0.2, -0.15) is 9.90 Å². The van der Waals surface area contributed by atoms with Gasteiger partial charge >= 0.3 is 0 Å². The highest BCUT2D eigenvalue weighted by Gasteiger charge is 2.12. The van der Waals surface area contributed by atoms with Gasteiger partial charge in [-0.15, -0.1) is 0 Å². The average molecular weight is 435 g/mol. The fourth-order valence-electron chi connectivity index (χ4n) is 2.97. The normalized spacial score (nSPS) is 10.1. The van der Waals surface area contributed by atoms with Gasteiger partial charge in [-0.3, -0.25) is 4.79 Å². The predicted octanol–water partition coefficient (Wildman–Crippen LogP) is 3.66. The third-order valence-electron chi connectivity index (χ3n) is 4.61. The molecule has 166 valence electrons. The molecule has 0 saturated carbocycles. The number of ether oxygens (including phenoxy) is 3. The van der Waals surface area contributed by atoms with Crippen molar-refractivity contribution >= 4 is 15.8 Å². The molecule has 6 nitrogen and oxygen atoms in total. The summed E-state index contributed by atoms with van der Waals surface area (Å²) in [5, 5.41) is 6.06. The van der Waals surface area contributed by atoms with Crippen molar-refractivity contribution in [3.63, 3.8) is 0 Å². The van der Waals surface area contributed by atoms with E-state index in [0.29, 0.717) is 31.9 Å². The van der Waals surface area contributed by atoms with Crippen molar-refractivity contribution < 1.29 is 19.0 Å². The molecule has 1 atom stereocenters. The van der Waals surface area contributed by atoms with Crippen LogP contribution in [-0.4, -0.2) is 33.8 Å². The van der Waals surface area contributed by atoms with Crippen LogP contribution >= 0.6 is 9.90 Å². The summed E-state index contributed by atoms with van der Waals surface area (Å²) in [6.07, 6.45) is 2.05. The Balaban J connectivity index is 0.00000450. The maximum Gasteiger partial charge on any atom is 0.220 e. The van der Waals surface area contributed by atoms with Gasteiger partial charge in [0.15, 0.2) is 0 Å². The highest BCUT2D eigenvalue weighted by atomic mass is 31.0. The summed E-state index contributed by atoms with van der Waals surface area (Å²) in [6.45, 7) is 3.79. The molecule has 0 aromatic heterocycles. The van der Waals surface area contributed by atoms with E-state index in [2.05, 4.69) is 10.6 Å². The summed E-state index contributed by atoms with van der Waals surface area (Å²) in [4.78, 5) is 12.0. The summed E-state index contributed by atoms with van der Waals surface area (Å²) in [5.41, 5.74) is 3.28. The first-order valence-corrected chi connectivity index (χ1v) is 9.92. The number of hydrogen-bond acceptors (Lipinski definition) is 5. The van der Waals surface area contributed by atoms with Gasteiger partial charge in [-0.25, -0.2) is 0 Å². The predicted molar refractivity (Wildman–Crippen MR) is 126 cm³/mol. The van der Waals surface area contributed by atoms with Crippen molar-refractivity contribution in [1.82, 2.24) is 10.6 Å². The fraction of sp³-hybridized carbons (Fsp3) is 0.435. The van der Waals surface area contributed by atoms with Crippen LogP contribution in [0.15, 0.2) is 36.4 Å². The molecule has 1 amide bonds. The number of unbranched alkanes of at least 4 members (excludes halogenated alkanes) is 1. The first-order chi connectivity index (χ1) is 14.1. The molecule has 2 aromatic rings. The van der Waals surface area contributed by atoms with Crippen LogP contribution in [0.5, 0.6) is 17.2 Å². The quantitative estimate of drug-likeness (QED) is 0.394. The number of aryl methyl sites for hydroxylation is 1. The van der Waals surface area contributed by atoms with Crippen LogP contribution in [0.3, 0.4) is 0 Å². The van der Waals surface area contributed by atoms with E-state index in [9.17, 15) is 4.79 Å². The van der Waals surface area contributed by atoms with Gasteiger partial charge in [0.1, 0.15) is 17.2 Å². The standard InChI is InChI=1S/C23H32N2O4.H3P/c1-17-8-10-18(11-9-17)15-25-23(26)7-5-6-12-29-19-13-21(27-3)20(16-24-2)22(14-19)28-4;/h8-11,13-14,24H,5-7,12,15-16H2,1-4H3,(H,25,26);1H3. The number of hydrogen-bond donors (Lipinski definition) is 2. The Morgan fingerprint density at radius 3 is 2.17 bits per heavy atom. The fourth-order valence-corrected chi connectivity index (χ4v) is 2.97. The van der Waals surface area contributed by atoms with E-state index in [1.807, 2.05) is 50.4 Å². The smallest absolute Gasteiger partial charge is 0.220 e. The van der Waals surface area contributed by atoms with Crippen molar-refractivity contribution in [2.24, 2.45) is 0 Å². The molecular formula is C23H35N2O4P. The van der Waals surface area contributed by atoms with Crippen molar-refractivity contribution in [2.75, 3.05) is 27.9 Å². The number of benzene rings is 2. The Morgan fingerprint density at radius 1 is 0.967 bits per heavy atom. The van der Waals surface area contributed by atoms with E-state index in [0.717, 1.165) is 35.5 Å². The summed E-state index contributed by atoms with van der Waals surface area (Å²) in [7, 11) is 5.14. The maximum atomic E-state index is 12.0. The minimum Gasteiger partial charge on any atom is -0.496 e. The first-order valence-electron chi connectivity index (χ1n) is 9.92. The first kappa shape index (κ1) is 25.7. The molecule has 0 heterocycles. The third-order valence-corrected chi connectivity index (χ3v) is 4.61. The summed E-state index contributed by atoms with van der Waals surface area (Å²) >= 11 is 0. The SMILES string of the molecule is CNCc1c(OC)cc(OCCCCC(=O)NCc2ccc(C)cc2)cc1OC.P. The highest BCUT2D eigenvalue weighted by molar-refractivity contribution is 6.92. The Kier molecular flexibility index (Phi) is 11.9. The number of methoxy groups -OCH3 is 2. The summed E-state index contributed by atoms with van der Waals surface area (Å²) in [5.74, 6) is 2.21. The van der Waals surface area contributed by atoms with Gasteiger partial charge in [-0.1, -0.05) is 29.8 Å². The molecule has 0 aliphatic rings. The largest absolute Gasteiger partial charge is 0.496 e. The lowest BCUT2D eigenvalue weighted by Crippen LogP contribution is -2.22. The molecule has 2 rings (SSSR count). The van der Waals surface area contributed by atoms with Gasteiger partial charge < -0.3 is 24.8 Å². The second-order valence-corrected chi connectivity index (χ2v) is 6.90. The zero-order valence-electron chi connectivity index (χ0n) is 18.5. The van der Waals surface area contributed by atoms with E-state index >= 15 is 0 Å². The van der Waals surface area contributed by atoms with E-state index in [1.165, 1.54) is 5.56 Å². The third kappa shape index (κ3) is 8.21. The van der Waals surface area contributed by atoms with Crippen molar-refractivity contribution in [1.29, 1.82) is 0 Å². The zero-order chi connectivity index (χ0) is 21.1. The van der Waals surface area contributed by atoms with Crippen molar-refractivity contribution in [3.8, 4) is 17.2 Å². The van der Waals surface area contributed by atoms with Gasteiger partial charge in [0.05, 0.1) is 26.4 Å². The lowest BCUT2D eigenvalue weighted by Gasteiger charge is -2.15. The summed E-state index contributed by atoms with van der Waals surface area (Å²) in [6, 6.07) is 11.9. The van der Waals surface area contributed by atoms with Crippen LogP contribution in [0, 0.1) is 6.92 Å². The molecule has 0 fully saturated rings. The number of carbonyl (C=O) groups is 1. The Morgan fingerprint density at radius 2 is 1.60 bits per heavy atom. The van der Waals surface area contributed by atoms with Gasteiger partial charge in [0, 0.05) is 31.6 Å². The Bertz CT molecular complexity index is 756. The number of nitrogens with one attached hydrogen (secondary N) is 2. The Labute approximate surface area is 183 Å². The van der Waals surface area contributed by atoms with E-state index < -0.39 is 0 Å². The molecule has 7 heteroatoms. The number of carbonyl (C=O) groups excluding carboxylic acids is 1. The molecule has 0 spiro atoms. The van der Waals surface area contributed by atoms with Crippen LogP contribution in [0.2, 0.25) is 0 Å². The average Bonchev–Trinajstić information content (AvgIpc) is 2.73. The van der Waals surface area contributed by atoms with Crippen LogP contribution in [-0.2, 0) is 17.9 Å². The van der Waals surface area contributed by atoms with E-state index in [4.69, 9.17) is 14.2 Å². The molecule has 0 saturated heterocycles. The lowest BCUT2D eigenvalue weighted by atomic mass is 10.1. The number of amides is 1. The maximum absolute atomic E-state index is 12.0. The Hall–Kier alpha value is -2.30. The molecule has 1 unspecified atom stereocenters. The molecule has 0 aliphatic heterocycles. The van der Waals surface area contributed by atoms with Crippen LogP contribution in [0.1, 0.15) is 36.0 Å². The number of rotatable bonds is 12. The van der Waals surface area contributed by atoms with Crippen molar-refractivity contribution in [2.45, 2.75) is 39.3 Å². The molecule has 2 aromatic carbocycles. The molecule has 0 radical (unpaired) electrons. The van der Waals surface area contributed by atoms with Crippen LogP contribution in [0.25, 0.3) is 0 Å². The molecule has 2 N–H and O–H groups in total. The minimum atomic E-state index is 0. The van der Waals surface area contributed by atoms with Gasteiger partial charge in [0.25, 0.3) is 0 Å².